The Balaban J connectivity index is 1.36. The normalized spacial score (nSPS) is 44.4. The molecule has 3 fully saturated rings. The summed E-state index contributed by atoms with van der Waals surface area (Å²) in [7, 11) is 1.48. The van der Waals surface area contributed by atoms with Crippen molar-refractivity contribution in [2.24, 2.45) is 23.7 Å². The number of nitrogens with zero attached hydrogens (tertiary/aromatic N) is 1. The molecular formula is C29H39NO6. The van der Waals surface area contributed by atoms with Crippen LogP contribution in [-0.2, 0) is 19.0 Å². The van der Waals surface area contributed by atoms with Gasteiger partial charge in [0.2, 0.25) is 5.76 Å². The lowest BCUT2D eigenvalue weighted by Crippen LogP contribution is -2.68. The zero-order chi connectivity index (χ0) is 25.2. The number of hydrogen-bond acceptors (Lipinski definition) is 7. The summed E-state index contributed by atoms with van der Waals surface area (Å²) >= 11 is 0. The van der Waals surface area contributed by atoms with Crippen LogP contribution in [0.3, 0.4) is 0 Å². The van der Waals surface area contributed by atoms with Crippen molar-refractivity contribution >= 4 is 5.97 Å². The van der Waals surface area contributed by atoms with Gasteiger partial charge in [0, 0.05) is 35.9 Å². The highest BCUT2D eigenvalue weighted by Gasteiger charge is 2.58. The van der Waals surface area contributed by atoms with Gasteiger partial charge in [-0.25, -0.2) is 4.79 Å². The van der Waals surface area contributed by atoms with Crippen LogP contribution in [0, 0.1) is 23.7 Å². The SMILES string of the molecule is COC1=C(CO)C(=O)OC1=C1OC2=CCC3CCC(O)(C4C=CCC(C)C4)C4CCCC(C2C1C)N34. The molecule has 0 aromatic carbocycles. The van der Waals surface area contributed by atoms with Gasteiger partial charge in [0.25, 0.3) is 0 Å². The second-order valence-electron chi connectivity index (χ2n) is 11.8. The minimum atomic E-state index is -0.697. The number of piperidine rings is 2. The topological polar surface area (TPSA) is 88.5 Å². The molecule has 6 aliphatic rings. The van der Waals surface area contributed by atoms with Crippen molar-refractivity contribution in [3.63, 3.8) is 0 Å². The number of aliphatic hydroxyl groups excluding tert-OH is 1. The molecule has 0 radical (unpaired) electrons. The highest BCUT2D eigenvalue weighted by Crippen LogP contribution is 2.54. The first-order valence-electron chi connectivity index (χ1n) is 13.8. The molecule has 8 unspecified atom stereocenters. The summed E-state index contributed by atoms with van der Waals surface area (Å²) in [4.78, 5) is 15.0. The smallest absolute Gasteiger partial charge is 0.345 e. The lowest BCUT2D eigenvalue weighted by Gasteiger charge is -2.59. The number of allylic oxidation sites excluding steroid dienone is 2. The van der Waals surface area contributed by atoms with Crippen LogP contribution in [0.25, 0.3) is 0 Å². The maximum atomic E-state index is 12.4. The lowest BCUT2D eigenvalue weighted by molar-refractivity contribution is -0.160. The number of aliphatic hydroxyl groups is 2. The summed E-state index contributed by atoms with van der Waals surface area (Å²) in [5.74, 6) is 2.47. The van der Waals surface area contributed by atoms with Gasteiger partial charge in [0.15, 0.2) is 11.5 Å². The van der Waals surface area contributed by atoms with Crippen molar-refractivity contribution in [3.8, 4) is 0 Å². The van der Waals surface area contributed by atoms with Crippen LogP contribution < -0.4 is 0 Å². The molecule has 0 bridgehead atoms. The number of carbonyl (C=O) groups excluding carboxylic acids is 1. The van der Waals surface area contributed by atoms with Crippen LogP contribution in [-0.4, -0.2) is 58.5 Å². The van der Waals surface area contributed by atoms with Crippen LogP contribution in [0.2, 0.25) is 0 Å². The van der Waals surface area contributed by atoms with E-state index in [-0.39, 0.29) is 41.2 Å². The summed E-state index contributed by atoms with van der Waals surface area (Å²) in [6, 6.07) is 0.818. The first-order chi connectivity index (χ1) is 17.4. The highest BCUT2D eigenvalue weighted by molar-refractivity contribution is 5.94. The van der Waals surface area contributed by atoms with Gasteiger partial charge in [-0.1, -0.05) is 32.4 Å². The Morgan fingerprint density at radius 1 is 1.19 bits per heavy atom. The van der Waals surface area contributed by atoms with Gasteiger partial charge in [-0.15, -0.1) is 0 Å². The molecule has 196 valence electrons. The molecule has 3 saturated heterocycles. The van der Waals surface area contributed by atoms with Gasteiger partial charge < -0.3 is 24.4 Å². The summed E-state index contributed by atoms with van der Waals surface area (Å²) in [5.41, 5.74) is -0.566. The van der Waals surface area contributed by atoms with Gasteiger partial charge in [-0.3, -0.25) is 4.90 Å². The van der Waals surface area contributed by atoms with E-state index in [0.717, 1.165) is 57.1 Å². The molecular weight excluding hydrogens is 458 g/mol. The maximum absolute atomic E-state index is 12.4. The average molecular weight is 498 g/mol. The standard InChI is InChI=1S/C29H39NO6/c1-16-6-4-7-18(14-16)29(33)13-12-19-10-11-22-24(21-8-5-9-23(29)30(19)21)17(2)25(35-22)27-26(34-3)20(15-31)28(32)36-27/h4,7,11,16-19,21,23-24,31,33H,5-6,8-10,12-15H2,1-3H3. The zero-order valence-corrected chi connectivity index (χ0v) is 21.6. The molecule has 5 aliphatic heterocycles. The first-order valence-corrected chi connectivity index (χ1v) is 13.8. The van der Waals surface area contributed by atoms with Crippen LogP contribution in [0.15, 0.2) is 46.8 Å². The maximum Gasteiger partial charge on any atom is 0.345 e. The summed E-state index contributed by atoms with van der Waals surface area (Å²) in [6.45, 7) is 3.99. The van der Waals surface area contributed by atoms with Gasteiger partial charge in [-0.05, 0) is 56.9 Å². The number of rotatable bonds is 3. The Labute approximate surface area is 213 Å². The Morgan fingerprint density at radius 3 is 2.78 bits per heavy atom. The molecule has 1 aliphatic carbocycles. The van der Waals surface area contributed by atoms with E-state index in [4.69, 9.17) is 14.2 Å². The monoisotopic (exact) mass is 497 g/mol. The minimum absolute atomic E-state index is 0.0191. The van der Waals surface area contributed by atoms with Crippen LogP contribution in [0.1, 0.15) is 65.2 Å². The fourth-order valence-corrected chi connectivity index (χ4v) is 8.14. The fourth-order valence-electron chi connectivity index (χ4n) is 8.14. The molecule has 2 N–H and O–H groups in total. The molecule has 5 heterocycles. The number of ether oxygens (including phenoxy) is 3. The van der Waals surface area contributed by atoms with E-state index in [9.17, 15) is 15.0 Å². The zero-order valence-electron chi connectivity index (χ0n) is 21.6. The third kappa shape index (κ3) is 3.53. The predicted molar refractivity (Wildman–Crippen MR) is 133 cm³/mol. The van der Waals surface area contributed by atoms with Crippen LogP contribution >= 0.6 is 0 Å². The third-order valence-corrected chi connectivity index (χ3v) is 9.82. The Hall–Kier alpha value is -2.09. The van der Waals surface area contributed by atoms with E-state index in [1.165, 1.54) is 7.11 Å². The van der Waals surface area contributed by atoms with E-state index in [2.05, 4.69) is 37.0 Å². The Kier molecular flexibility index (Phi) is 6.09. The number of fused-ring (bicyclic) bond motifs is 2. The molecule has 8 atom stereocenters. The van der Waals surface area contributed by atoms with Crippen molar-refractivity contribution in [1.29, 1.82) is 0 Å². The molecule has 0 aromatic heterocycles. The molecule has 0 saturated carbocycles. The first kappa shape index (κ1) is 24.3. The Morgan fingerprint density at radius 2 is 2.03 bits per heavy atom. The quantitative estimate of drug-likeness (QED) is 0.451. The molecule has 7 nitrogen and oxygen atoms in total. The largest absolute Gasteiger partial charge is 0.492 e. The Bertz CT molecular complexity index is 1060. The molecule has 0 amide bonds. The van der Waals surface area contributed by atoms with E-state index in [1.807, 2.05) is 0 Å². The van der Waals surface area contributed by atoms with Crippen LogP contribution in [0.5, 0.6) is 0 Å². The molecule has 0 aromatic rings. The molecule has 0 spiro atoms. The van der Waals surface area contributed by atoms with Crippen molar-refractivity contribution < 1.29 is 29.2 Å². The second-order valence-corrected chi connectivity index (χ2v) is 11.8. The van der Waals surface area contributed by atoms with Gasteiger partial charge in [0.1, 0.15) is 11.3 Å². The number of cyclic esters (lactones) is 1. The summed E-state index contributed by atoms with van der Waals surface area (Å²) in [6.07, 6.45) is 14.9. The van der Waals surface area contributed by atoms with Crippen LogP contribution in [0.4, 0.5) is 0 Å². The lowest BCUT2D eigenvalue weighted by atomic mass is 9.65. The van der Waals surface area contributed by atoms with Crippen molar-refractivity contribution in [2.45, 2.75) is 88.9 Å². The van der Waals surface area contributed by atoms with E-state index in [0.29, 0.717) is 23.5 Å². The van der Waals surface area contributed by atoms with E-state index >= 15 is 0 Å². The van der Waals surface area contributed by atoms with E-state index < -0.39 is 18.2 Å². The highest BCUT2D eigenvalue weighted by atomic mass is 16.6. The van der Waals surface area contributed by atoms with Gasteiger partial charge in [0.05, 0.1) is 19.3 Å². The van der Waals surface area contributed by atoms with Crippen molar-refractivity contribution in [2.75, 3.05) is 13.7 Å². The molecule has 36 heavy (non-hydrogen) atoms. The van der Waals surface area contributed by atoms with Gasteiger partial charge in [-0.2, -0.15) is 0 Å². The number of esters is 1. The number of methoxy groups -OCH3 is 1. The molecule has 6 rings (SSSR count). The summed E-state index contributed by atoms with van der Waals surface area (Å²) in [5, 5.41) is 22.0. The number of hydrogen-bond donors (Lipinski definition) is 2. The third-order valence-electron chi connectivity index (χ3n) is 9.82. The second kappa shape index (κ2) is 9.03. The minimum Gasteiger partial charge on any atom is -0.492 e. The fraction of sp³-hybridized carbons (Fsp3) is 0.690. The average Bonchev–Trinajstić information content (AvgIpc) is 3.32. The predicted octanol–water partition coefficient (Wildman–Crippen LogP) is 3.94. The van der Waals surface area contributed by atoms with Crippen molar-refractivity contribution in [1.82, 2.24) is 4.90 Å². The van der Waals surface area contributed by atoms with Gasteiger partial charge >= 0.3 is 5.97 Å². The van der Waals surface area contributed by atoms with E-state index in [1.54, 1.807) is 0 Å². The summed E-state index contributed by atoms with van der Waals surface area (Å²) < 4.78 is 17.5. The molecule has 7 heteroatoms. The van der Waals surface area contributed by atoms with Crippen molar-refractivity contribution in [3.05, 3.63) is 46.8 Å². The number of carbonyl (C=O) groups is 1.